The molecule has 1 saturated heterocycles. The highest BCUT2D eigenvalue weighted by molar-refractivity contribution is 9.10. The SMILES string of the molecule is O=C(Nc1ccccc1)[C@H]1CCCN(C(=O)c2ccc(F)cc2Br)C1. The minimum absolute atomic E-state index is 0.0816. The van der Waals surface area contributed by atoms with Crippen LogP contribution in [0.2, 0.25) is 0 Å². The van der Waals surface area contributed by atoms with Gasteiger partial charge in [0.1, 0.15) is 5.82 Å². The summed E-state index contributed by atoms with van der Waals surface area (Å²) in [6.07, 6.45) is 1.50. The Hall–Kier alpha value is -2.21. The number of nitrogens with one attached hydrogen (secondary N) is 1. The predicted molar refractivity (Wildman–Crippen MR) is 97.8 cm³/mol. The molecule has 25 heavy (non-hydrogen) atoms. The molecule has 6 heteroatoms. The smallest absolute Gasteiger partial charge is 0.255 e. The molecule has 130 valence electrons. The Morgan fingerprint density at radius 2 is 1.92 bits per heavy atom. The van der Waals surface area contributed by atoms with Gasteiger partial charge in [0.15, 0.2) is 0 Å². The summed E-state index contributed by atoms with van der Waals surface area (Å²) < 4.78 is 13.6. The molecule has 0 bridgehead atoms. The first-order valence-electron chi connectivity index (χ1n) is 8.15. The highest BCUT2D eigenvalue weighted by Crippen LogP contribution is 2.24. The molecule has 1 atom stereocenters. The van der Waals surface area contributed by atoms with E-state index in [4.69, 9.17) is 0 Å². The number of halogens is 2. The van der Waals surface area contributed by atoms with Crippen molar-refractivity contribution in [1.82, 2.24) is 4.90 Å². The van der Waals surface area contributed by atoms with Crippen LogP contribution in [-0.4, -0.2) is 29.8 Å². The minimum atomic E-state index is -0.401. The van der Waals surface area contributed by atoms with E-state index in [1.54, 1.807) is 4.90 Å². The fraction of sp³-hybridized carbons (Fsp3) is 0.263. The average Bonchev–Trinajstić information content (AvgIpc) is 2.62. The fourth-order valence-electron chi connectivity index (χ4n) is 2.97. The first kappa shape index (κ1) is 17.6. The minimum Gasteiger partial charge on any atom is -0.338 e. The molecule has 1 fully saturated rings. The monoisotopic (exact) mass is 404 g/mol. The van der Waals surface area contributed by atoms with E-state index in [0.29, 0.717) is 23.1 Å². The van der Waals surface area contributed by atoms with Gasteiger partial charge in [0, 0.05) is 23.2 Å². The summed E-state index contributed by atoms with van der Waals surface area (Å²) in [5.74, 6) is -0.926. The van der Waals surface area contributed by atoms with E-state index < -0.39 is 5.82 Å². The van der Waals surface area contributed by atoms with E-state index in [1.165, 1.54) is 18.2 Å². The number of piperidine rings is 1. The average molecular weight is 405 g/mol. The largest absolute Gasteiger partial charge is 0.338 e. The second-order valence-electron chi connectivity index (χ2n) is 6.07. The maximum Gasteiger partial charge on any atom is 0.255 e. The van der Waals surface area contributed by atoms with Crippen LogP contribution in [0.25, 0.3) is 0 Å². The van der Waals surface area contributed by atoms with Crippen molar-refractivity contribution in [2.45, 2.75) is 12.8 Å². The summed E-state index contributed by atoms with van der Waals surface area (Å²) in [4.78, 5) is 26.8. The Morgan fingerprint density at radius 1 is 1.16 bits per heavy atom. The number of likely N-dealkylation sites (tertiary alicyclic amines) is 1. The van der Waals surface area contributed by atoms with Gasteiger partial charge in [-0.15, -0.1) is 0 Å². The fourth-order valence-corrected chi connectivity index (χ4v) is 3.50. The van der Waals surface area contributed by atoms with Crippen LogP contribution in [0.15, 0.2) is 53.0 Å². The summed E-state index contributed by atoms with van der Waals surface area (Å²) in [5.41, 5.74) is 1.16. The summed E-state index contributed by atoms with van der Waals surface area (Å²) in [7, 11) is 0. The number of para-hydroxylation sites is 1. The maximum absolute atomic E-state index is 13.2. The van der Waals surface area contributed by atoms with Gasteiger partial charge in [0.25, 0.3) is 5.91 Å². The summed E-state index contributed by atoms with van der Waals surface area (Å²) in [5, 5.41) is 2.89. The molecule has 2 aromatic rings. The van der Waals surface area contributed by atoms with Crippen LogP contribution in [0.3, 0.4) is 0 Å². The maximum atomic E-state index is 13.2. The van der Waals surface area contributed by atoms with E-state index in [0.717, 1.165) is 18.5 Å². The number of hydrogen-bond acceptors (Lipinski definition) is 2. The molecular weight excluding hydrogens is 387 g/mol. The molecule has 0 unspecified atom stereocenters. The predicted octanol–water partition coefficient (Wildman–Crippen LogP) is 4.08. The lowest BCUT2D eigenvalue weighted by atomic mass is 9.96. The zero-order chi connectivity index (χ0) is 17.8. The van der Waals surface area contributed by atoms with Gasteiger partial charge < -0.3 is 10.2 Å². The van der Waals surface area contributed by atoms with Crippen LogP contribution in [0.4, 0.5) is 10.1 Å². The van der Waals surface area contributed by atoms with Crippen LogP contribution in [0, 0.1) is 11.7 Å². The molecule has 0 spiro atoms. The molecule has 0 aromatic heterocycles. The lowest BCUT2D eigenvalue weighted by molar-refractivity contribution is -0.121. The van der Waals surface area contributed by atoms with Gasteiger partial charge in [-0.05, 0) is 59.1 Å². The molecule has 4 nitrogen and oxygen atoms in total. The van der Waals surface area contributed by atoms with Gasteiger partial charge in [0.2, 0.25) is 5.91 Å². The second kappa shape index (κ2) is 7.78. The number of nitrogens with zero attached hydrogens (tertiary/aromatic N) is 1. The number of rotatable bonds is 3. The van der Waals surface area contributed by atoms with Gasteiger partial charge in [-0.25, -0.2) is 4.39 Å². The normalized spacial score (nSPS) is 17.2. The molecule has 1 aliphatic rings. The van der Waals surface area contributed by atoms with Gasteiger partial charge in [-0.3, -0.25) is 9.59 Å². The lowest BCUT2D eigenvalue weighted by Gasteiger charge is -2.32. The standard InChI is InChI=1S/C19H18BrFN2O2/c20-17-11-14(21)8-9-16(17)19(25)23-10-4-5-13(12-23)18(24)22-15-6-2-1-3-7-15/h1-3,6-9,11,13H,4-5,10,12H2,(H,22,24)/t13-/m0/s1. The van der Waals surface area contributed by atoms with Crippen molar-refractivity contribution in [3.63, 3.8) is 0 Å². The zero-order valence-electron chi connectivity index (χ0n) is 13.5. The first-order chi connectivity index (χ1) is 12.0. The van der Waals surface area contributed by atoms with E-state index >= 15 is 0 Å². The molecule has 2 amide bonds. The van der Waals surface area contributed by atoms with Crippen molar-refractivity contribution in [1.29, 1.82) is 0 Å². The van der Waals surface area contributed by atoms with Crippen LogP contribution < -0.4 is 5.32 Å². The number of amides is 2. The number of carbonyl (C=O) groups excluding carboxylic acids is 2. The third-order valence-corrected chi connectivity index (χ3v) is 4.94. The molecule has 0 aliphatic carbocycles. The lowest BCUT2D eigenvalue weighted by Crippen LogP contribution is -2.43. The Labute approximate surface area is 154 Å². The highest BCUT2D eigenvalue weighted by Gasteiger charge is 2.29. The van der Waals surface area contributed by atoms with Gasteiger partial charge in [0.05, 0.1) is 11.5 Å². The van der Waals surface area contributed by atoms with Crippen LogP contribution in [-0.2, 0) is 4.79 Å². The van der Waals surface area contributed by atoms with Crippen LogP contribution in [0.1, 0.15) is 23.2 Å². The van der Waals surface area contributed by atoms with E-state index in [1.807, 2.05) is 30.3 Å². The Balaban J connectivity index is 1.68. The summed E-state index contributed by atoms with van der Waals surface area (Å²) >= 11 is 3.24. The van der Waals surface area contributed by atoms with Crippen molar-refractivity contribution < 1.29 is 14.0 Å². The third kappa shape index (κ3) is 4.25. The highest BCUT2D eigenvalue weighted by atomic mass is 79.9. The van der Waals surface area contributed by atoms with Gasteiger partial charge in [-0.1, -0.05) is 18.2 Å². The quantitative estimate of drug-likeness (QED) is 0.837. The van der Waals surface area contributed by atoms with Crippen molar-refractivity contribution in [3.8, 4) is 0 Å². The van der Waals surface area contributed by atoms with E-state index in [9.17, 15) is 14.0 Å². The summed E-state index contributed by atoms with van der Waals surface area (Å²) in [6.45, 7) is 0.957. The molecule has 1 aliphatic heterocycles. The number of benzene rings is 2. The second-order valence-corrected chi connectivity index (χ2v) is 6.92. The number of carbonyl (C=O) groups is 2. The molecular formula is C19H18BrFN2O2. The van der Waals surface area contributed by atoms with E-state index in [-0.39, 0.29) is 17.7 Å². The Morgan fingerprint density at radius 3 is 2.64 bits per heavy atom. The number of anilines is 1. The topological polar surface area (TPSA) is 49.4 Å². The molecule has 0 radical (unpaired) electrons. The number of hydrogen-bond donors (Lipinski definition) is 1. The molecule has 1 heterocycles. The molecule has 1 N–H and O–H groups in total. The van der Waals surface area contributed by atoms with Crippen molar-refractivity contribution in [3.05, 3.63) is 64.4 Å². The Bertz CT molecular complexity index is 782. The Kier molecular flexibility index (Phi) is 5.48. The van der Waals surface area contributed by atoms with Gasteiger partial charge >= 0.3 is 0 Å². The third-order valence-electron chi connectivity index (χ3n) is 4.28. The molecule has 3 rings (SSSR count). The van der Waals surface area contributed by atoms with E-state index in [2.05, 4.69) is 21.2 Å². The molecule has 0 saturated carbocycles. The van der Waals surface area contributed by atoms with Crippen molar-refractivity contribution in [2.24, 2.45) is 5.92 Å². The van der Waals surface area contributed by atoms with Gasteiger partial charge in [-0.2, -0.15) is 0 Å². The van der Waals surface area contributed by atoms with Crippen molar-refractivity contribution in [2.75, 3.05) is 18.4 Å². The van der Waals surface area contributed by atoms with Crippen LogP contribution >= 0.6 is 15.9 Å². The van der Waals surface area contributed by atoms with Crippen LogP contribution in [0.5, 0.6) is 0 Å². The first-order valence-corrected chi connectivity index (χ1v) is 8.94. The van der Waals surface area contributed by atoms with Crippen molar-refractivity contribution >= 4 is 33.4 Å². The molecule has 2 aromatic carbocycles. The zero-order valence-corrected chi connectivity index (χ0v) is 15.1. The summed E-state index contributed by atoms with van der Waals surface area (Å²) in [6, 6.07) is 13.3.